The van der Waals surface area contributed by atoms with Crippen LogP contribution in [0.5, 0.6) is 0 Å². The second-order valence-corrected chi connectivity index (χ2v) is 6.08. The van der Waals surface area contributed by atoms with E-state index in [1.165, 1.54) is 12.1 Å². The molecule has 5 heteroatoms. The van der Waals surface area contributed by atoms with Crippen LogP contribution in [0, 0.1) is 24.4 Å². The van der Waals surface area contributed by atoms with Crippen molar-refractivity contribution in [3.8, 4) is 5.69 Å². The first kappa shape index (κ1) is 13.5. The summed E-state index contributed by atoms with van der Waals surface area (Å²) in [6.07, 6.45) is 0. The predicted molar refractivity (Wildman–Crippen MR) is 85.6 cm³/mol. The van der Waals surface area contributed by atoms with Gasteiger partial charge in [-0.15, -0.1) is 0 Å². The maximum atomic E-state index is 13.5. The zero-order valence-corrected chi connectivity index (χ0v) is 13.4. The molecule has 3 rings (SSSR count). The molecule has 0 aliphatic carbocycles. The molecule has 1 N–H and O–H groups in total. The van der Waals surface area contributed by atoms with E-state index < -0.39 is 0 Å². The SMILES string of the molecule is Cc1cc(C)c(-n2c(=S)[nH]c3ccc(F)cc32)c(Br)c1. The molecule has 0 atom stereocenters. The lowest BCUT2D eigenvalue weighted by atomic mass is 10.1. The quantitative estimate of drug-likeness (QED) is 0.597. The maximum absolute atomic E-state index is 13.5. The first-order valence-corrected chi connectivity index (χ1v) is 7.35. The lowest BCUT2D eigenvalue weighted by Gasteiger charge is -2.12. The van der Waals surface area contributed by atoms with Crippen molar-refractivity contribution in [2.45, 2.75) is 13.8 Å². The number of imidazole rings is 1. The van der Waals surface area contributed by atoms with Gasteiger partial charge in [-0.1, -0.05) is 6.07 Å². The van der Waals surface area contributed by atoms with E-state index in [2.05, 4.69) is 27.0 Å². The number of hydrogen-bond donors (Lipinski definition) is 1. The van der Waals surface area contributed by atoms with E-state index in [1.807, 2.05) is 24.5 Å². The number of halogens is 2. The number of hydrogen-bond acceptors (Lipinski definition) is 1. The van der Waals surface area contributed by atoms with Gasteiger partial charge in [0, 0.05) is 10.5 Å². The lowest BCUT2D eigenvalue weighted by Crippen LogP contribution is -1.99. The van der Waals surface area contributed by atoms with Crippen LogP contribution in [0.15, 0.2) is 34.8 Å². The molecule has 2 nitrogen and oxygen atoms in total. The number of nitrogens with one attached hydrogen (secondary N) is 1. The topological polar surface area (TPSA) is 20.7 Å². The predicted octanol–water partition coefficient (Wildman–Crippen LogP) is 5.21. The van der Waals surface area contributed by atoms with Gasteiger partial charge in [0.05, 0.1) is 16.7 Å². The van der Waals surface area contributed by atoms with E-state index in [0.717, 1.165) is 32.3 Å². The van der Waals surface area contributed by atoms with Gasteiger partial charge in [-0.05, 0) is 71.3 Å². The second kappa shape index (κ2) is 4.82. The summed E-state index contributed by atoms with van der Waals surface area (Å²) in [6.45, 7) is 4.06. The molecule has 0 spiro atoms. The summed E-state index contributed by atoms with van der Waals surface area (Å²) in [5, 5.41) is 0. The van der Waals surface area contributed by atoms with Gasteiger partial charge < -0.3 is 4.98 Å². The molecule has 0 aliphatic heterocycles. The molecule has 1 heterocycles. The van der Waals surface area contributed by atoms with Crippen molar-refractivity contribution in [3.63, 3.8) is 0 Å². The monoisotopic (exact) mass is 350 g/mol. The van der Waals surface area contributed by atoms with Crippen LogP contribution in [0.1, 0.15) is 11.1 Å². The highest BCUT2D eigenvalue weighted by molar-refractivity contribution is 9.10. The zero-order chi connectivity index (χ0) is 14.4. The summed E-state index contributed by atoms with van der Waals surface area (Å²) in [7, 11) is 0. The Bertz CT molecular complexity index is 856. The highest BCUT2D eigenvalue weighted by Crippen LogP contribution is 2.30. The van der Waals surface area contributed by atoms with E-state index in [0.29, 0.717) is 4.77 Å². The molecule has 0 unspecified atom stereocenters. The van der Waals surface area contributed by atoms with Crippen LogP contribution in [0.3, 0.4) is 0 Å². The van der Waals surface area contributed by atoms with E-state index >= 15 is 0 Å². The van der Waals surface area contributed by atoms with E-state index in [-0.39, 0.29) is 5.82 Å². The Balaban J connectivity index is 2.44. The molecule has 0 saturated heterocycles. The van der Waals surface area contributed by atoms with Gasteiger partial charge in [-0.25, -0.2) is 4.39 Å². The average Bonchev–Trinajstić information content (AvgIpc) is 2.65. The maximum Gasteiger partial charge on any atom is 0.182 e. The fourth-order valence-corrected chi connectivity index (χ4v) is 3.64. The van der Waals surface area contributed by atoms with Crippen LogP contribution in [-0.4, -0.2) is 9.55 Å². The highest BCUT2D eigenvalue weighted by atomic mass is 79.9. The third kappa shape index (κ3) is 2.11. The molecule has 102 valence electrons. The Morgan fingerprint density at radius 3 is 2.65 bits per heavy atom. The van der Waals surface area contributed by atoms with Crippen molar-refractivity contribution < 1.29 is 4.39 Å². The minimum atomic E-state index is -0.277. The summed E-state index contributed by atoms with van der Waals surface area (Å²) >= 11 is 8.98. The Morgan fingerprint density at radius 2 is 1.95 bits per heavy atom. The molecule has 0 aliphatic rings. The largest absolute Gasteiger partial charge is 0.330 e. The molecule has 0 fully saturated rings. The van der Waals surface area contributed by atoms with Crippen molar-refractivity contribution in [1.29, 1.82) is 0 Å². The Labute approximate surface area is 129 Å². The highest BCUT2D eigenvalue weighted by Gasteiger charge is 2.13. The first-order valence-electron chi connectivity index (χ1n) is 6.15. The number of rotatable bonds is 1. The summed E-state index contributed by atoms with van der Waals surface area (Å²) < 4.78 is 16.9. The van der Waals surface area contributed by atoms with Crippen molar-refractivity contribution in [3.05, 3.63) is 56.5 Å². The van der Waals surface area contributed by atoms with Crippen LogP contribution in [0.25, 0.3) is 16.7 Å². The van der Waals surface area contributed by atoms with Crippen LogP contribution in [-0.2, 0) is 0 Å². The van der Waals surface area contributed by atoms with Gasteiger partial charge in [0.15, 0.2) is 4.77 Å². The Hall–Kier alpha value is -1.46. The summed E-state index contributed by atoms with van der Waals surface area (Å²) in [5.41, 5.74) is 4.75. The molecule has 2 aromatic carbocycles. The molecule has 0 bridgehead atoms. The standard InChI is InChI=1S/C15H12BrFN2S/c1-8-5-9(2)14(11(16)6-8)19-13-7-10(17)3-4-12(13)18-15(19)20/h3-7H,1-2H3,(H,18,20). The van der Waals surface area contributed by atoms with Crippen LogP contribution < -0.4 is 0 Å². The number of fused-ring (bicyclic) bond motifs is 1. The molecule has 1 aromatic heterocycles. The molecular formula is C15H12BrFN2S. The summed E-state index contributed by atoms with van der Waals surface area (Å²) in [4.78, 5) is 3.11. The van der Waals surface area contributed by atoms with Crippen LogP contribution >= 0.6 is 28.1 Å². The molecule has 3 aromatic rings. The number of H-pyrrole nitrogens is 1. The summed E-state index contributed by atoms with van der Waals surface area (Å²) in [5.74, 6) is -0.277. The average molecular weight is 351 g/mol. The van der Waals surface area contributed by atoms with Crippen molar-refractivity contribution in [1.82, 2.24) is 9.55 Å². The fourth-order valence-electron chi connectivity index (χ4n) is 2.49. The third-order valence-corrected chi connectivity index (χ3v) is 4.16. The molecule has 0 radical (unpaired) electrons. The normalized spacial score (nSPS) is 11.2. The Kier molecular flexibility index (Phi) is 3.26. The minimum Gasteiger partial charge on any atom is -0.330 e. The van der Waals surface area contributed by atoms with Gasteiger partial charge >= 0.3 is 0 Å². The molecule has 0 amide bonds. The van der Waals surface area contributed by atoms with Crippen molar-refractivity contribution in [2.75, 3.05) is 0 Å². The molecular weight excluding hydrogens is 339 g/mol. The minimum absolute atomic E-state index is 0.277. The van der Waals surface area contributed by atoms with Gasteiger partial charge in [-0.3, -0.25) is 4.57 Å². The van der Waals surface area contributed by atoms with Crippen LogP contribution in [0.2, 0.25) is 0 Å². The second-order valence-electron chi connectivity index (χ2n) is 4.84. The number of aromatic amines is 1. The first-order chi connectivity index (χ1) is 9.47. The van der Waals surface area contributed by atoms with Gasteiger partial charge in [-0.2, -0.15) is 0 Å². The summed E-state index contributed by atoms with van der Waals surface area (Å²) in [6, 6.07) is 8.74. The fraction of sp³-hybridized carbons (Fsp3) is 0.133. The number of benzene rings is 2. The van der Waals surface area contributed by atoms with Gasteiger partial charge in [0.25, 0.3) is 0 Å². The number of nitrogens with zero attached hydrogens (tertiary/aromatic N) is 1. The molecule has 20 heavy (non-hydrogen) atoms. The zero-order valence-electron chi connectivity index (χ0n) is 11.0. The van der Waals surface area contributed by atoms with Crippen molar-refractivity contribution >= 4 is 39.2 Å². The van der Waals surface area contributed by atoms with Crippen LogP contribution in [0.4, 0.5) is 4.39 Å². The van der Waals surface area contributed by atoms with Crippen molar-refractivity contribution in [2.24, 2.45) is 0 Å². The van der Waals surface area contributed by atoms with E-state index in [9.17, 15) is 4.39 Å². The van der Waals surface area contributed by atoms with Gasteiger partial charge in [0.1, 0.15) is 5.82 Å². The van der Waals surface area contributed by atoms with Gasteiger partial charge in [0.2, 0.25) is 0 Å². The molecule has 0 saturated carbocycles. The number of aromatic nitrogens is 2. The third-order valence-electron chi connectivity index (χ3n) is 3.27. The van der Waals surface area contributed by atoms with E-state index in [4.69, 9.17) is 12.2 Å². The Morgan fingerprint density at radius 1 is 1.20 bits per heavy atom. The smallest absolute Gasteiger partial charge is 0.182 e. The number of aryl methyl sites for hydroxylation is 2. The lowest BCUT2D eigenvalue weighted by molar-refractivity contribution is 0.629. The van der Waals surface area contributed by atoms with E-state index in [1.54, 1.807) is 6.07 Å².